The number of amidine groups is 1. The molecule has 5 heteroatoms. The number of nitrogens with one attached hydrogen (secondary N) is 1. The SMILES string of the molecule is CCCCOc1ccc(C2=NNC(c3cccs3)=Nc3ccc(CC)cc32)cc1. The summed E-state index contributed by atoms with van der Waals surface area (Å²) < 4.78 is 5.81. The van der Waals surface area contributed by atoms with Crippen LogP contribution in [0.25, 0.3) is 0 Å². The summed E-state index contributed by atoms with van der Waals surface area (Å²) in [6.45, 7) is 5.08. The Balaban J connectivity index is 1.70. The molecule has 0 bridgehead atoms. The van der Waals surface area contributed by atoms with E-state index in [0.29, 0.717) is 0 Å². The quantitative estimate of drug-likeness (QED) is 0.498. The highest BCUT2D eigenvalue weighted by molar-refractivity contribution is 7.12. The largest absolute Gasteiger partial charge is 0.494 e. The minimum atomic E-state index is 0.749. The van der Waals surface area contributed by atoms with Crippen molar-refractivity contribution in [3.8, 4) is 5.75 Å². The van der Waals surface area contributed by atoms with Gasteiger partial charge in [0.2, 0.25) is 0 Å². The van der Waals surface area contributed by atoms with Crippen molar-refractivity contribution in [1.82, 2.24) is 5.43 Å². The second-order valence-corrected chi connectivity index (χ2v) is 7.89. The van der Waals surface area contributed by atoms with Crippen LogP contribution in [0.15, 0.2) is 70.1 Å². The highest BCUT2D eigenvalue weighted by Gasteiger charge is 2.18. The van der Waals surface area contributed by atoms with Gasteiger partial charge in [0.15, 0.2) is 5.84 Å². The second kappa shape index (κ2) is 9.05. The van der Waals surface area contributed by atoms with Crippen molar-refractivity contribution in [3.05, 3.63) is 81.5 Å². The highest BCUT2D eigenvalue weighted by Crippen LogP contribution is 2.28. The summed E-state index contributed by atoms with van der Waals surface area (Å²) in [6, 6.07) is 18.7. The second-order valence-electron chi connectivity index (χ2n) is 6.94. The zero-order valence-electron chi connectivity index (χ0n) is 16.8. The van der Waals surface area contributed by atoms with Crippen LogP contribution in [0, 0.1) is 0 Å². The summed E-state index contributed by atoms with van der Waals surface area (Å²) in [5.41, 5.74) is 8.37. The lowest BCUT2D eigenvalue weighted by molar-refractivity contribution is 0.309. The average molecular weight is 404 g/mol. The topological polar surface area (TPSA) is 46.0 Å². The number of thiophene rings is 1. The third-order valence-electron chi connectivity index (χ3n) is 4.88. The summed E-state index contributed by atoms with van der Waals surface area (Å²) >= 11 is 1.65. The molecule has 3 aromatic rings. The van der Waals surface area contributed by atoms with E-state index in [-0.39, 0.29) is 0 Å². The number of hydrogen-bond donors (Lipinski definition) is 1. The number of aliphatic imine (C=N–C) groups is 1. The van der Waals surface area contributed by atoms with Crippen LogP contribution in [0.3, 0.4) is 0 Å². The molecule has 0 spiro atoms. The van der Waals surface area contributed by atoms with Crippen LogP contribution in [0.2, 0.25) is 0 Å². The van der Waals surface area contributed by atoms with Crippen molar-refractivity contribution < 1.29 is 4.74 Å². The number of ether oxygens (including phenoxy) is 1. The zero-order valence-corrected chi connectivity index (χ0v) is 17.6. The Morgan fingerprint density at radius 2 is 1.90 bits per heavy atom. The van der Waals surface area contributed by atoms with Gasteiger partial charge in [-0.1, -0.05) is 32.4 Å². The predicted octanol–water partition coefficient (Wildman–Crippen LogP) is 5.92. The fraction of sp³-hybridized carbons (Fsp3) is 0.250. The Bertz CT molecular complexity index is 1020. The van der Waals surface area contributed by atoms with Crippen LogP contribution >= 0.6 is 11.3 Å². The predicted molar refractivity (Wildman–Crippen MR) is 122 cm³/mol. The first kappa shape index (κ1) is 19.4. The molecular weight excluding hydrogens is 378 g/mol. The van der Waals surface area contributed by atoms with Gasteiger partial charge in [-0.3, -0.25) is 5.43 Å². The summed E-state index contributed by atoms with van der Waals surface area (Å²) in [7, 11) is 0. The van der Waals surface area contributed by atoms with Gasteiger partial charge in [0, 0.05) is 11.1 Å². The first-order valence-corrected chi connectivity index (χ1v) is 11.0. The van der Waals surface area contributed by atoms with Crippen LogP contribution in [-0.4, -0.2) is 18.2 Å². The van der Waals surface area contributed by atoms with Gasteiger partial charge >= 0.3 is 0 Å². The summed E-state index contributed by atoms with van der Waals surface area (Å²) in [4.78, 5) is 5.95. The van der Waals surface area contributed by atoms with Gasteiger partial charge in [-0.25, -0.2) is 4.99 Å². The number of aryl methyl sites for hydroxylation is 1. The molecule has 4 rings (SSSR count). The van der Waals surface area contributed by atoms with Crippen molar-refractivity contribution in [2.24, 2.45) is 10.1 Å². The smallest absolute Gasteiger partial charge is 0.164 e. The molecule has 0 fully saturated rings. The molecule has 148 valence electrons. The number of benzene rings is 2. The molecule has 1 aliphatic heterocycles. The van der Waals surface area contributed by atoms with Gasteiger partial charge in [-0.05, 0) is 66.2 Å². The van der Waals surface area contributed by atoms with Gasteiger partial charge in [0.05, 0.1) is 22.9 Å². The van der Waals surface area contributed by atoms with Crippen molar-refractivity contribution in [2.75, 3.05) is 6.61 Å². The molecule has 1 N–H and O–H groups in total. The first-order valence-electron chi connectivity index (χ1n) is 10.1. The van der Waals surface area contributed by atoms with Crippen LogP contribution in [-0.2, 0) is 6.42 Å². The Hall–Kier alpha value is -2.92. The van der Waals surface area contributed by atoms with E-state index in [2.05, 4.69) is 55.7 Å². The molecule has 0 amide bonds. The number of nitrogens with zero attached hydrogens (tertiary/aromatic N) is 2. The number of fused-ring (bicyclic) bond motifs is 1. The Labute approximate surface area is 176 Å². The number of hydrazone groups is 1. The zero-order chi connectivity index (χ0) is 20.1. The normalized spacial score (nSPS) is 13.0. The van der Waals surface area contributed by atoms with Gasteiger partial charge < -0.3 is 4.74 Å². The lowest BCUT2D eigenvalue weighted by Gasteiger charge is -2.11. The van der Waals surface area contributed by atoms with E-state index >= 15 is 0 Å². The van der Waals surface area contributed by atoms with Gasteiger partial charge in [-0.15, -0.1) is 11.3 Å². The van der Waals surface area contributed by atoms with E-state index in [1.54, 1.807) is 11.3 Å². The molecule has 4 nitrogen and oxygen atoms in total. The summed E-state index contributed by atoms with van der Waals surface area (Å²) in [6.07, 6.45) is 3.16. The average Bonchev–Trinajstić information content (AvgIpc) is 3.23. The maximum atomic E-state index is 5.81. The van der Waals surface area contributed by atoms with E-state index < -0.39 is 0 Å². The summed E-state index contributed by atoms with van der Waals surface area (Å²) in [5.74, 6) is 1.67. The lowest BCUT2D eigenvalue weighted by atomic mass is 9.98. The molecule has 0 saturated heterocycles. The monoisotopic (exact) mass is 403 g/mol. The van der Waals surface area contributed by atoms with E-state index in [1.807, 2.05) is 23.6 Å². The highest BCUT2D eigenvalue weighted by atomic mass is 32.1. The molecular formula is C24H25N3OS. The molecule has 0 unspecified atom stereocenters. The third kappa shape index (κ3) is 4.40. The fourth-order valence-corrected chi connectivity index (χ4v) is 3.86. The standard InChI is InChI=1S/C24H25N3OS/c1-3-5-14-28-19-11-9-18(10-12-19)23-20-16-17(4-2)8-13-21(20)25-24(27-26-23)22-7-6-15-29-22/h6-13,15-16H,3-5,14H2,1-2H3,(H,25,27). The molecule has 0 atom stereocenters. The van der Waals surface area contributed by atoms with Crippen molar-refractivity contribution in [2.45, 2.75) is 33.1 Å². The fourth-order valence-electron chi connectivity index (χ4n) is 3.19. The summed E-state index contributed by atoms with van der Waals surface area (Å²) in [5, 5.41) is 6.80. The van der Waals surface area contributed by atoms with Gasteiger partial charge in [0.25, 0.3) is 0 Å². The molecule has 1 aromatic heterocycles. The van der Waals surface area contributed by atoms with Gasteiger partial charge in [-0.2, -0.15) is 5.10 Å². The maximum absolute atomic E-state index is 5.81. The van der Waals surface area contributed by atoms with Crippen LogP contribution in [0.5, 0.6) is 5.75 Å². The van der Waals surface area contributed by atoms with E-state index in [1.165, 1.54) is 5.56 Å². The Morgan fingerprint density at radius 1 is 1.03 bits per heavy atom. The molecule has 0 aliphatic carbocycles. The van der Waals surface area contributed by atoms with Crippen molar-refractivity contribution in [1.29, 1.82) is 0 Å². The molecule has 1 aliphatic rings. The molecule has 0 saturated carbocycles. The Kier molecular flexibility index (Phi) is 6.06. The maximum Gasteiger partial charge on any atom is 0.164 e. The van der Waals surface area contributed by atoms with Crippen LogP contribution in [0.1, 0.15) is 48.3 Å². The van der Waals surface area contributed by atoms with Gasteiger partial charge in [0.1, 0.15) is 5.75 Å². The van der Waals surface area contributed by atoms with E-state index in [0.717, 1.165) is 64.9 Å². The minimum Gasteiger partial charge on any atom is -0.494 e. The third-order valence-corrected chi connectivity index (χ3v) is 5.76. The lowest BCUT2D eigenvalue weighted by Crippen LogP contribution is -2.18. The molecule has 2 heterocycles. The minimum absolute atomic E-state index is 0.749. The van der Waals surface area contributed by atoms with Crippen molar-refractivity contribution in [3.63, 3.8) is 0 Å². The molecule has 2 aromatic carbocycles. The van der Waals surface area contributed by atoms with E-state index in [9.17, 15) is 0 Å². The number of unbranched alkanes of at least 4 members (excludes halogenated alkanes) is 1. The Morgan fingerprint density at radius 3 is 2.62 bits per heavy atom. The number of rotatable bonds is 7. The first-order chi connectivity index (χ1) is 14.3. The van der Waals surface area contributed by atoms with Crippen LogP contribution < -0.4 is 10.2 Å². The van der Waals surface area contributed by atoms with E-state index in [4.69, 9.17) is 14.8 Å². The number of hydrogen-bond acceptors (Lipinski definition) is 5. The molecule has 29 heavy (non-hydrogen) atoms. The molecule has 0 radical (unpaired) electrons. The van der Waals surface area contributed by atoms with Crippen molar-refractivity contribution >= 4 is 28.6 Å². The van der Waals surface area contributed by atoms with Crippen LogP contribution in [0.4, 0.5) is 5.69 Å².